The number of carbonyl (C=O) groups is 2. The number of aliphatic imine (C=N–C) groups is 1. The summed E-state index contributed by atoms with van der Waals surface area (Å²) in [6.45, 7) is 6.09. The molecule has 0 bridgehead atoms. The number of amides is 2. The zero-order valence-corrected chi connectivity index (χ0v) is 18.4. The Kier molecular flexibility index (Phi) is 5.95. The van der Waals surface area contributed by atoms with Gasteiger partial charge in [0, 0.05) is 18.2 Å². The Morgan fingerprint density at radius 1 is 1.17 bits per heavy atom. The Hall–Kier alpha value is -2.60. The summed E-state index contributed by atoms with van der Waals surface area (Å²) in [4.78, 5) is 32.5. The van der Waals surface area contributed by atoms with Crippen molar-refractivity contribution < 1.29 is 9.59 Å². The van der Waals surface area contributed by atoms with Crippen LogP contribution in [0.4, 0.5) is 11.4 Å². The lowest BCUT2D eigenvalue weighted by Gasteiger charge is -2.24. The molecule has 2 aliphatic rings. The van der Waals surface area contributed by atoms with Crippen molar-refractivity contribution >= 4 is 40.1 Å². The number of thioether (sulfide) groups is 1. The maximum Gasteiger partial charge on any atom is 0.242 e. The molecule has 2 aromatic carbocycles. The van der Waals surface area contributed by atoms with E-state index in [4.69, 9.17) is 4.99 Å². The molecule has 1 aliphatic carbocycles. The fourth-order valence-corrected chi connectivity index (χ4v) is 4.90. The number of carbonyl (C=O) groups excluding carboxylic acids is 2. The number of anilines is 1. The predicted molar refractivity (Wildman–Crippen MR) is 123 cm³/mol. The van der Waals surface area contributed by atoms with E-state index in [0.29, 0.717) is 11.1 Å². The third kappa shape index (κ3) is 4.59. The number of nitrogens with one attached hydrogen (secondary N) is 1. The predicted octanol–water partition coefficient (Wildman–Crippen LogP) is 5.06. The molecule has 1 saturated heterocycles. The first-order valence-corrected chi connectivity index (χ1v) is 11.3. The number of aryl methyl sites for hydroxylation is 2. The number of hydrogen-bond acceptors (Lipinski definition) is 4. The number of nitrogens with zero attached hydrogens (tertiary/aromatic N) is 2. The maximum atomic E-state index is 13.2. The minimum Gasteiger partial charge on any atom is -0.326 e. The lowest BCUT2D eigenvalue weighted by molar-refractivity contribution is -0.129. The number of amidine groups is 1. The number of para-hydroxylation sites is 1. The Labute approximate surface area is 182 Å². The first-order chi connectivity index (χ1) is 14.4. The van der Waals surface area contributed by atoms with Gasteiger partial charge in [-0.05, 0) is 63.3 Å². The molecule has 0 aromatic heterocycles. The van der Waals surface area contributed by atoms with Crippen molar-refractivity contribution in [2.45, 2.75) is 51.3 Å². The highest BCUT2D eigenvalue weighted by Crippen LogP contribution is 2.41. The lowest BCUT2D eigenvalue weighted by atomic mass is 10.1. The zero-order chi connectivity index (χ0) is 21.3. The average molecular weight is 422 g/mol. The number of rotatable bonds is 6. The molecule has 2 fully saturated rings. The van der Waals surface area contributed by atoms with E-state index in [2.05, 4.69) is 12.2 Å². The van der Waals surface area contributed by atoms with Crippen LogP contribution < -0.4 is 5.32 Å². The molecule has 2 atom stereocenters. The van der Waals surface area contributed by atoms with Crippen molar-refractivity contribution in [1.29, 1.82) is 0 Å². The van der Waals surface area contributed by atoms with E-state index in [9.17, 15) is 9.59 Å². The Morgan fingerprint density at radius 3 is 2.53 bits per heavy atom. The zero-order valence-electron chi connectivity index (χ0n) is 17.6. The topological polar surface area (TPSA) is 61.8 Å². The van der Waals surface area contributed by atoms with Crippen LogP contribution in [0.25, 0.3) is 0 Å². The summed E-state index contributed by atoms with van der Waals surface area (Å²) in [5, 5.41) is 3.21. The van der Waals surface area contributed by atoms with Gasteiger partial charge in [-0.15, -0.1) is 0 Å². The van der Waals surface area contributed by atoms with E-state index < -0.39 is 5.25 Å². The summed E-state index contributed by atoms with van der Waals surface area (Å²) < 4.78 is 0. The van der Waals surface area contributed by atoms with Crippen LogP contribution in [0.2, 0.25) is 0 Å². The third-order valence-electron chi connectivity index (χ3n) is 5.73. The van der Waals surface area contributed by atoms with Crippen LogP contribution in [-0.2, 0) is 9.59 Å². The first kappa shape index (κ1) is 20.7. The molecule has 156 valence electrons. The summed E-state index contributed by atoms with van der Waals surface area (Å²) in [6.07, 6.45) is 2.43. The van der Waals surface area contributed by atoms with Crippen molar-refractivity contribution in [3.05, 3.63) is 59.7 Å². The molecule has 1 heterocycles. The van der Waals surface area contributed by atoms with Crippen molar-refractivity contribution in [2.75, 3.05) is 5.32 Å². The monoisotopic (exact) mass is 421 g/mol. The lowest BCUT2D eigenvalue weighted by Crippen LogP contribution is -2.41. The molecule has 1 saturated carbocycles. The molecule has 0 radical (unpaired) electrons. The van der Waals surface area contributed by atoms with Crippen LogP contribution in [0.5, 0.6) is 0 Å². The van der Waals surface area contributed by atoms with Gasteiger partial charge in [0.25, 0.3) is 0 Å². The summed E-state index contributed by atoms with van der Waals surface area (Å²) in [5.74, 6) is 0.369. The normalized spacial score (nSPS) is 21.2. The summed E-state index contributed by atoms with van der Waals surface area (Å²) in [5.41, 5.74) is 3.79. The van der Waals surface area contributed by atoms with E-state index in [-0.39, 0.29) is 24.3 Å². The highest BCUT2D eigenvalue weighted by atomic mass is 32.2. The largest absolute Gasteiger partial charge is 0.326 e. The van der Waals surface area contributed by atoms with Crippen LogP contribution in [0.15, 0.2) is 53.5 Å². The Bertz CT molecular complexity index is 982. The van der Waals surface area contributed by atoms with Crippen LogP contribution in [0.3, 0.4) is 0 Å². The van der Waals surface area contributed by atoms with Gasteiger partial charge in [0.1, 0.15) is 5.25 Å². The first-order valence-electron chi connectivity index (χ1n) is 10.4. The van der Waals surface area contributed by atoms with Crippen LogP contribution >= 0.6 is 11.8 Å². The van der Waals surface area contributed by atoms with Gasteiger partial charge < -0.3 is 5.32 Å². The summed E-state index contributed by atoms with van der Waals surface area (Å²) in [7, 11) is 0. The molecule has 2 aromatic rings. The van der Waals surface area contributed by atoms with E-state index in [0.717, 1.165) is 29.8 Å². The van der Waals surface area contributed by atoms with Gasteiger partial charge in [-0.1, -0.05) is 47.7 Å². The molecular weight excluding hydrogens is 394 g/mol. The van der Waals surface area contributed by atoms with Crippen LogP contribution in [-0.4, -0.2) is 33.2 Å². The molecule has 1 aliphatic heterocycles. The van der Waals surface area contributed by atoms with Crippen molar-refractivity contribution in [3.8, 4) is 0 Å². The molecule has 0 unspecified atom stereocenters. The highest BCUT2D eigenvalue weighted by molar-refractivity contribution is 8.15. The maximum absolute atomic E-state index is 13.2. The highest BCUT2D eigenvalue weighted by Gasteiger charge is 2.45. The van der Waals surface area contributed by atoms with Crippen LogP contribution in [0.1, 0.15) is 37.3 Å². The van der Waals surface area contributed by atoms with E-state index >= 15 is 0 Å². The van der Waals surface area contributed by atoms with E-state index in [1.807, 2.05) is 67.3 Å². The molecule has 4 rings (SSSR count). The summed E-state index contributed by atoms with van der Waals surface area (Å²) >= 11 is 1.41. The standard InChI is InChI=1S/C24H27N3O2S/c1-15-8-12-19(13-9-15)25-24-27(17(3)18-10-11-18)23(29)21(30-24)14-22(28)26-20-7-5-4-6-16(20)2/h4-9,12-13,17-18,21H,10-11,14H2,1-3H3,(H,26,28)/t17-,21-/m1/s1. The average Bonchev–Trinajstić information content (AvgIpc) is 3.52. The van der Waals surface area contributed by atoms with Crippen LogP contribution in [0, 0.1) is 19.8 Å². The fourth-order valence-electron chi connectivity index (χ4n) is 3.67. The van der Waals surface area contributed by atoms with E-state index in [1.165, 1.54) is 17.3 Å². The summed E-state index contributed by atoms with van der Waals surface area (Å²) in [6, 6.07) is 15.7. The second kappa shape index (κ2) is 8.64. The second-order valence-corrected chi connectivity index (χ2v) is 9.36. The minimum absolute atomic E-state index is 0.00908. The molecule has 1 N–H and O–H groups in total. The van der Waals surface area contributed by atoms with Crippen molar-refractivity contribution in [3.63, 3.8) is 0 Å². The van der Waals surface area contributed by atoms with Crippen molar-refractivity contribution in [1.82, 2.24) is 4.90 Å². The van der Waals surface area contributed by atoms with Gasteiger partial charge >= 0.3 is 0 Å². The molecule has 6 heteroatoms. The van der Waals surface area contributed by atoms with Gasteiger partial charge in [-0.25, -0.2) is 4.99 Å². The van der Waals surface area contributed by atoms with Gasteiger partial charge in [0.15, 0.2) is 5.17 Å². The molecule has 30 heavy (non-hydrogen) atoms. The molecule has 0 spiro atoms. The van der Waals surface area contributed by atoms with Crippen molar-refractivity contribution in [2.24, 2.45) is 10.9 Å². The number of hydrogen-bond donors (Lipinski definition) is 1. The quantitative estimate of drug-likeness (QED) is 0.709. The SMILES string of the molecule is Cc1ccc(N=C2S[C@H](CC(=O)Nc3ccccc3C)C(=O)N2[C@H](C)C2CC2)cc1. The van der Waals surface area contributed by atoms with Gasteiger partial charge in [-0.2, -0.15) is 0 Å². The van der Waals surface area contributed by atoms with Gasteiger partial charge in [0.2, 0.25) is 11.8 Å². The second-order valence-electron chi connectivity index (χ2n) is 8.19. The Balaban J connectivity index is 1.52. The smallest absolute Gasteiger partial charge is 0.242 e. The van der Waals surface area contributed by atoms with E-state index in [1.54, 1.807) is 0 Å². The van der Waals surface area contributed by atoms with Gasteiger partial charge in [0.05, 0.1) is 5.69 Å². The third-order valence-corrected chi connectivity index (χ3v) is 6.88. The molecular formula is C24H27N3O2S. The Morgan fingerprint density at radius 2 is 1.87 bits per heavy atom. The minimum atomic E-state index is -0.445. The van der Waals surface area contributed by atoms with Gasteiger partial charge in [-0.3, -0.25) is 14.5 Å². The molecule has 5 nitrogen and oxygen atoms in total. The fraction of sp³-hybridized carbons (Fsp3) is 0.375. The number of benzene rings is 2. The molecule has 2 amide bonds.